The Morgan fingerprint density at radius 1 is 0.947 bits per heavy atom. The van der Waals surface area contributed by atoms with Crippen molar-refractivity contribution >= 4 is 22.1 Å². The molecule has 0 radical (unpaired) electrons. The van der Waals surface area contributed by atoms with Gasteiger partial charge in [-0.15, -0.1) is 13.2 Å². The molecule has 3 heterocycles. The summed E-state index contributed by atoms with van der Waals surface area (Å²) in [7, 11) is 1.73. The largest absolute Gasteiger partial charge is 0.573 e. The van der Waals surface area contributed by atoms with Crippen molar-refractivity contribution in [3.8, 4) is 28.7 Å². The summed E-state index contributed by atoms with van der Waals surface area (Å²) >= 11 is 0. The van der Waals surface area contributed by atoms with E-state index >= 15 is 0 Å². The van der Waals surface area contributed by atoms with Gasteiger partial charge in [-0.2, -0.15) is 23.3 Å². The Hall–Kier alpha value is -4.69. The molecule has 0 saturated heterocycles. The summed E-state index contributed by atoms with van der Waals surface area (Å²) in [6.07, 6.45) is -6.79. The minimum absolute atomic E-state index is 0.0147. The number of alkyl halides is 6. The first-order valence-electron chi connectivity index (χ1n) is 10.7. The van der Waals surface area contributed by atoms with E-state index in [1.165, 1.54) is 0 Å². The second kappa shape index (κ2) is 9.00. The van der Waals surface area contributed by atoms with Crippen LogP contribution in [-0.2, 0) is 7.05 Å². The van der Waals surface area contributed by atoms with Crippen molar-refractivity contribution in [1.29, 1.82) is 0 Å². The van der Waals surface area contributed by atoms with Crippen LogP contribution in [0.15, 0.2) is 59.7 Å². The van der Waals surface area contributed by atoms with Gasteiger partial charge in [0.2, 0.25) is 0 Å². The Morgan fingerprint density at radius 2 is 1.68 bits per heavy atom. The SMILES string of the molecule is Cn1cc2cc(-c3nc4cnc(OCC(F)(F)F)nc4n(-c4ccc(OC(F)(F)F)cc4)c3=O)ccc2n1. The molecule has 5 rings (SSSR count). The van der Waals surface area contributed by atoms with E-state index in [2.05, 4.69) is 29.5 Å². The molecule has 0 aliphatic rings. The summed E-state index contributed by atoms with van der Waals surface area (Å²) in [4.78, 5) is 25.7. The second-order valence-electron chi connectivity index (χ2n) is 7.98. The summed E-state index contributed by atoms with van der Waals surface area (Å²) in [6.45, 7) is -1.68. The molecule has 0 N–H and O–H groups in total. The minimum Gasteiger partial charge on any atom is -0.454 e. The molecule has 0 unspecified atom stereocenters. The van der Waals surface area contributed by atoms with Crippen molar-refractivity contribution in [2.75, 3.05) is 6.61 Å². The van der Waals surface area contributed by atoms with E-state index in [-0.39, 0.29) is 22.5 Å². The van der Waals surface area contributed by atoms with E-state index in [0.717, 1.165) is 35.0 Å². The molecule has 2 aromatic carbocycles. The molecule has 3 aromatic heterocycles. The lowest BCUT2D eigenvalue weighted by atomic mass is 10.1. The molecule has 0 spiro atoms. The number of rotatable bonds is 5. The number of aryl methyl sites for hydroxylation is 1. The topological polar surface area (TPSA) is 97.0 Å². The maximum absolute atomic E-state index is 13.7. The fourth-order valence-electron chi connectivity index (χ4n) is 3.70. The summed E-state index contributed by atoms with van der Waals surface area (Å²) in [5, 5.41) is 4.98. The summed E-state index contributed by atoms with van der Waals surface area (Å²) in [6, 6.07) is 8.56. The average molecular weight is 536 g/mol. The summed E-state index contributed by atoms with van der Waals surface area (Å²) in [5.41, 5.74) is 0.0740. The Kier molecular flexibility index (Phi) is 5.92. The third kappa shape index (κ3) is 5.21. The standard InChI is InChI=1S/C23H14F6N6O3/c1-34-10-13-8-12(2-7-16(13)33-34)18-20(36)35(14-3-5-15(6-4-14)38-23(27,28)29)19-17(31-18)9-30-21(32-19)37-11-22(24,25)26/h2-10H,11H2,1H3. The number of halogens is 6. The van der Waals surface area contributed by atoms with Crippen molar-refractivity contribution in [2.24, 2.45) is 7.05 Å². The molecule has 0 bridgehead atoms. The predicted octanol–water partition coefficient (Wildman–Crippen LogP) is 4.57. The van der Waals surface area contributed by atoms with E-state index < -0.39 is 36.5 Å². The van der Waals surface area contributed by atoms with Crippen LogP contribution >= 0.6 is 0 Å². The molecule has 38 heavy (non-hydrogen) atoms. The van der Waals surface area contributed by atoms with Crippen molar-refractivity contribution in [2.45, 2.75) is 12.5 Å². The highest BCUT2D eigenvalue weighted by Crippen LogP contribution is 2.27. The summed E-state index contributed by atoms with van der Waals surface area (Å²) < 4.78 is 86.7. The van der Waals surface area contributed by atoms with Crippen LogP contribution in [-0.4, -0.2) is 48.4 Å². The molecule has 0 saturated carbocycles. The molecular weight excluding hydrogens is 522 g/mol. The zero-order valence-corrected chi connectivity index (χ0v) is 19.1. The number of nitrogens with zero attached hydrogens (tertiary/aromatic N) is 6. The van der Waals surface area contributed by atoms with Crippen LogP contribution in [0.25, 0.3) is 39.0 Å². The molecule has 9 nitrogen and oxygen atoms in total. The van der Waals surface area contributed by atoms with Crippen molar-refractivity contribution in [1.82, 2.24) is 29.3 Å². The lowest BCUT2D eigenvalue weighted by molar-refractivity contribution is -0.274. The number of aromatic nitrogens is 6. The van der Waals surface area contributed by atoms with Crippen LogP contribution < -0.4 is 15.0 Å². The van der Waals surface area contributed by atoms with Gasteiger partial charge in [0.15, 0.2) is 12.3 Å². The Balaban J connectivity index is 1.69. The quantitative estimate of drug-likeness (QED) is 0.304. The first-order valence-corrected chi connectivity index (χ1v) is 10.7. The maximum atomic E-state index is 13.7. The highest BCUT2D eigenvalue weighted by Gasteiger charge is 2.31. The summed E-state index contributed by atoms with van der Waals surface area (Å²) in [5.74, 6) is -0.543. The molecule has 0 atom stereocenters. The van der Waals surface area contributed by atoms with Gasteiger partial charge in [-0.1, -0.05) is 6.07 Å². The van der Waals surface area contributed by atoms with Crippen LogP contribution in [0.3, 0.4) is 0 Å². The van der Waals surface area contributed by atoms with Gasteiger partial charge < -0.3 is 9.47 Å². The van der Waals surface area contributed by atoms with E-state index in [0.29, 0.717) is 16.5 Å². The van der Waals surface area contributed by atoms with Crippen LogP contribution in [0.2, 0.25) is 0 Å². The number of hydrogen-bond donors (Lipinski definition) is 0. The molecule has 0 fully saturated rings. The highest BCUT2D eigenvalue weighted by molar-refractivity contribution is 5.84. The van der Waals surface area contributed by atoms with Gasteiger partial charge in [0.1, 0.15) is 17.0 Å². The molecule has 0 aliphatic heterocycles. The first kappa shape index (κ1) is 25.0. The fourth-order valence-corrected chi connectivity index (χ4v) is 3.70. The predicted molar refractivity (Wildman–Crippen MR) is 121 cm³/mol. The van der Waals surface area contributed by atoms with Gasteiger partial charge in [-0.3, -0.25) is 14.0 Å². The van der Waals surface area contributed by atoms with E-state index in [1.807, 2.05) is 0 Å². The Bertz CT molecular complexity index is 1710. The highest BCUT2D eigenvalue weighted by atomic mass is 19.4. The Labute approximate surface area is 207 Å². The van der Waals surface area contributed by atoms with E-state index in [4.69, 9.17) is 0 Å². The molecule has 15 heteroatoms. The molecule has 196 valence electrons. The monoisotopic (exact) mass is 536 g/mol. The number of benzene rings is 2. The molecule has 0 aliphatic carbocycles. The lowest BCUT2D eigenvalue weighted by Crippen LogP contribution is -2.24. The van der Waals surface area contributed by atoms with Gasteiger partial charge in [-0.25, -0.2) is 9.97 Å². The van der Waals surface area contributed by atoms with Gasteiger partial charge in [-0.05, 0) is 36.4 Å². The minimum atomic E-state index is -4.93. The second-order valence-corrected chi connectivity index (χ2v) is 7.98. The van der Waals surface area contributed by atoms with Crippen molar-refractivity contribution < 1.29 is 35.8 Å². The van der Waals surface area contributed by atoms with Crippen LogP contribution in [0.4, 0.5) is 26.3 Å². The van der Waals surface area contributed by atoms with E-state index in [1.54, 1.807) is 36.1 Å². The van der Waals surface area contributed by atoms with E-state index in [9.17, 15) is 31.1 Å². The third-order valence-electron chi connectivity index (χ3n) is 5.16. The van der Waals surface area contributed by atoms with Gasteiger partial charge in [0.25, 0.3) is 5.56 Å². The van der Waals surface area contributed by atoms with Gasteiger partial charge in [0, 0.05) is 24.2 Å². The lowest BCUT2D eigenvalue weighted by Gasteiger charge is -2.14. The molecule has 0 amide bonds. The molecule has 5 aromatic rings. The molecular formula is C23H14F6N6O3. The van der Waals surface area contributed by atoms with Crippen LogP contribution in [0.1, 0.15) is 0 Å². The van der Waals surface area contributed by atoms with Crippen LogP contribution in [0.5, 0.6) is 11.8 Å². The maximum Gasteiger partial charge on any atom is 0.573 e. The average Bonchev–Trinajstić information content (AvgIpc) is 3.21. The van der Waals surface area contributed by atoms with Crippen molar-refractivity contribution in [3.05, 3.63) is 65.2 Å². The number of fused-ring (bicyclic) bond motifs is 2. The zero-order chi connectivity index (χ0) is 27.2. The van der Waals surface area contributed by atoms with Crippen LogP contribution in [0, 0.1) is 0 Å². The third-order valence-corrected chi connectivity index (χ3v) is 5.16. The number of hydrogen-bond acceptors (Lipinski definition) is 7. The van der Waals surface area contributed by atoms with Crippen molar-refractivity contribution in [3.63, 3.8) is 0 Å². The van der Waals surface area contributed by atoms with Gasteiger partial charge >= 0.3 is 18.5 Å². The fraction of sp³-hybridized carbons (Fsp3) is 0.174. The number of ether oxygens (including phenoxy) is 2. The van der Waals surface area contributed by atoms with Gasteiger partial charge in [0.05, 0.1) is 17.4 Å². The smallest absolute Gasteiger partial charge is 0.454 e. The Morgan fingerprint density at radius 3 is 2.37 bits per heavy atom. The zero-order valence-electron chi connectivity index (χ0n) is 19.1. The first-order chi connectivity index (χ1) is 17.9. The normalized spacial score (nSPS) is 12.3.